The first kappa shape index (κ1) is 23.4. The maximum atomic E-state index is 13.2. The first-order valence-electron chi connectivity index (χ1n) is 11.7. The topological polar surface area (TPSA) is 110 Å². The zero-order valence-corrected chi connectivity index (χ0v) is 19.7. The Morgan fingerprint density at radius 2 is 1.77 bits per heavy atom. The summed E-state index contributed by atoms with van der Waals surface area (Å²) in [5.74, 6) is -1.46. The molecule has 3 aromatic rings. The Balaban J connectivity index is 1.33. The van der Waals surface area contributed by atoms with Crippen LogP contribution in [0, 0.1) is 5.82 Å². The monoisotopic (exact) mass is 497 g/mol. The summed E-state index contributed by atoms with van der Waals surface area (Å²) in [6, 6.07) is 9.84. The number of fused-ring (bicyclic) bond motifs is 1. The fraction of sp³-hybridized carbons (Fsp3) is 0.360. The van der Waals surface area contributed by atoms with E-state index in [1.54, 1.807) is 17.0 Å². The number of aromatic amines is 1. The number of nitrogens with one attached hydrogen (secondary N) is 2. The standard InChI is InChI=1S/C25H25ClFN5O3/c26-22-18(25(35)32-11-9-17(10-12-32)28-16-5-6-16)7-8-19-21(22)23(24(34)29-19)31-30-20(33)13-14-1-3-15(27)4-2-14/h1-4,7-8,16-17,28-29,34H,5-6,9-13H2. The van der Waals surface area contributed by atoms with Gasteiger partial charge in [-0.25, -0.2) is 4.39 Å². The number of halogens is 2. The van der Waals surface area contributed by atoms with Crippen molar-refractivity contribution in [3.05, 3.63) is 58.4 Å². The smallest absolute Gasteiger partial charge is 0.269 e. The third-order valence-corrected chi connectivity index (χ3v) is 6.84. The predicted molar refractivity (Wildman–Crippen MR) is 130 cm³/mol. The largest absolute Gasteiger partial charge is 0.493 e. The lowest BCUT2D eigenvalue weighted by molar-refractivity contribution is -0.117. The molecule has 1 saturated heterocycles. The van der Waals surface area contributed by atoms with Crippen molar-refractivity contribution in [2.45, 2.75) is 44.2 Å². The van der Waals surface area contributed by atoms with E-state index in [1.807, 2.05) is 0 Å². The molecule has 0 spiro atoms. The quantitative estimate of drug-likeness (QED) is 0.422. The molecular formula is C25H25ClFN5O3. The Morgan fingerprint density at radius 3 is 2.46 bits per heavy atom. The van der Waals surface area contributed by atoms with Gasteiger partial charge in [0.15, 0.2) is 5.69 Å². The van der Waals surface area contributed by atoms with Gasteiger partial charge in [-0.15, -0.1) is 10.2 Å². The molecule has 2 amide bonds. The van der Waals surface area contributed by atoms with E-state index in [1.165, 1.54) is 37.1 Å². The summed E-state index contributed by atoms with van der Waals surface area (Å²) in [7, 11) is 0. The van der Waals surface area contributed by atoms with Crippen LogP contribution in [-0.4, -0.2) is 52.0 Å². The fourth-order valence-corrected chi connectivity index (χ4v) is 4.74. The molecule has 2 heterocycles. The number of H-pyrrole nitrogens is 1. The molecular weight excluding hydrogens is 473 g/mol. The number of carbonyl (C=O) groups excluding carboxylic acids is 2. The summed E-state index contributed by atoms with van der Waals surface area (Å²) in [6.45, 7) is 1.28. The van der Waals surface area contributed by atoms with Crippen LogP contribution in [0.4, 0.5) is 10.1 Å². The van der Waals surface area contributed by atoms with Gasteiger partial charge in [0.05, 0.1) is 27.9 Å². The number of hydrogen-bond donors (Lipinski definition) is 3. The van der Waals surface area contributed by atoms with Crippen molar-refractivity contribution in [3.63, 3.8) is 0 Å². The Bertz CT molecular complexity index is 1290. The van der Waals surface area contributed by atoms with Gasteiger partial charge in [-0.05, 0) is 55.5 Å². The summed E-state index contributed by atoms with van der Waals surface area (Å²) in [4.78, 5) is 30.0. The molecule has 0 bridgehead atoms. The van der Waals surface area contributed by atoms with E-state index >= 15 is 0 Å². The molecule has 35 heavy (non-hydrogen) atoms. The zero-order chi connectivity index (χ0) is 24.5. The molecule has 0 radical (unpaired) electrons. The number of carbonyl (C=O) groups is 2. The highest BCUT2D eigenvalue weighted by Crippen LogP contribution is 2.41. The summed E-state index contributed by atoms with van der Waals surface area (Å²) >= 11 is 6.63. The van der Waals surface area contributed by atoms with Crippen LogP contribution in [0.3, 0.4) is 0 Å². The van der Waals surface area contributed by atoms with Crippen LogP contribution in [0.15, 0.2) is 46.6 Å². The lowest BCUT2D eigenvalue weighted by Gasteiger charge is -2.32. The van der Waals surface area contributed by atoms with Crippen LogP contribution in [0.1, 0.15) is 41.6 Å². The van der Waals surface area contributed by atoms with Crippen molar-refractivity contribution in [2.75, 3.05) is 13.1 Å². The van der Waals surface area contributed by atoms with Gasteiger partial charge >= 0.3 is 0 Å². The normalized spacial score (nSPS) is 16.9. The van der Waals surface area contributed by atoms with Crippen molar-refractivity contribution in [3.8, 4) is 5.88 Å². The van der Waals surface area contributed by atoms with Gasteiger partial charge in [0.25, 0.3) is 11.8 Å². The Morgan fingerprint density at radius 1 is 1.09 bits per heavy atom. The Kier molecular flexibility index (Phi) is 6.53. The number of hydrogen-bond acceptors (Lipinski definition) is 5. The van der Waals surface area contributed by atoms with Gasteiger partial charge in [0.2, 0.25) is 5.88 Å². The molecule has 1 aliphatic carbocycles. The second-order valence-electron chi connectivity index (χ2n) is 9.08. The van der Waals surface area contributed by atoms with Gasteiger partial charge in [-0.2, -0.15) is 0 Å². The minimum absolute atomic E-state index is 0.0144. The molecule has 1 aliphatic heterocycles. The van der Waals surface area contributed by atoms with Crippen LogP contribution in [0.5, 0.6) is 5.88 Å². The fourth-order valence-electron chi connectivity index (χ4n) is 4.40. The van der Waals surface area contributed by atoms with E-state index in [9.17, 15) is 19.1 Å². The molecule has 0 atom stereocenters. The maximum Gasteiger partial charge on any atom is 0.269 e. The van der Waals surface area contributed by atoms with Crippen LogP contribution >= 0.6 is 11.6 Å². The number of likely N-dealkylation sites (tertiary alicyclic amines) is 1. The molecule has 10 heteroatoms. The number of piperidine rings is 1. The van der Waals surface area contributed by atoms with Crippen molar-refractivity contribution >= 4 is 40.0 Å². The number of amides is 2. The average Bonchev–Trinajstić information content (AvgIpc) is 3.60. The summed E-state index contributed by atoms with van der Waals surface area (Å²) in [6.07, 6.45) is 4.17. The molecule has 182 valence electrons. The molecule has 8 nitrogen and oxygen atoms in total. The minimum atomic E-state index is -0.573. The molecule has 5 rings (SSSR count). The number of benzene rings is 2. The number of rotatable bonds is 6. The average molecular weight is 498 g/mol. The first-order chi connectivity index (χ1) is 16.9. The van der Waals surface area contributed by atoms with Gasteiger partial charge in [0, 0.05) is 25.2 Å². The molecule has 3 N–H and O–H groups in total. The first-order valence-corrected chi connectivity index (χ1v) is 12.0. The van der Waals surface area contributed by atoms with Gasteiger partial charge in [-0.1, -0.05) is 23.7 Å². The Hall–Kier alpha value is -3.30. The Labute approximate surface area is 206 Å². The third-order valence-electron chi connectivity index (χ3n) is 6.45. The second-order valence-corrected chi connectivity index (χ2v) is 9.45. The van der Waals surface area contributed by atoms with E-state index in [2.05, 4.69) is 20.5 Å². The highest BCUT2D eigenvalue weighted by molar-refractivity contribution is 6.39. The SMILES string of the molecule is O=C(Cc1ccc(F)cc1)N=Nc1c(O)[nH]c2ccc(C(=O)N3CCC(NC4CC4)CC3)c(Cl)c12. The van der Waals surface area contributed by atoms with Crippen molar-refractivity contribution in [1.82, 2.24) is 15.2 Å². The van der Waals surface area contributed by atoms with E-state index in [0.717, 1.165) is 12.8 Å². The second kappa shape index (κ2) is 9.75. The summed E-state index contributed by atoms with van der Waals surface area (Å²) < 4.78 is 13.1. The van der Waals surface area contributed by atoms with E-state index < -0.39 is 11.7 Å². The zero-order valence-electron chi connectivity index (χ0n) is 18.9. The van der Waals surface area contributed by atoms with Crippen molar-refractivity contribution < 1.29 is 19.1 Å². The van der Waals surface area contributed by atoms with Crippen LogP contribution in [0.2, 0.25) is 5.02 Å². The van der Waals surface area contributed by atoms with E-state index in [4.69, 9.17) is 11.6 Å². The molecule has 2 aliphatic rings. The summed E-state index contributed by atoms with van der Waals surface area (Å²) in [5, 5.41) is 22.0. The molecule has 2 aromatic carbocycles. The van der Waals surface area contributed by atoms with E-state index in [-0.39, 0.29) is 28.9 Å². The van der Waals surface area contributed by atoms with Crippen molar-refractivity contribution in [2.24, 2.45) is 10.2 Å². The maximum absolute atomic E-state index is 13.2. The third kappa shape index (κ3) is 5.21. The van der Waals surface area contributed by atoms with Gasteiger partial charge in [-0.3, -0.25) is 9.59 Å². The van der Waals surface area contributed by atoms with Crippen molar-refractivity contribution in [1.29, 1.82) is 0 Å². The van der Waals surface area contributed by atoms with E-state index in [0.29, 0.717) is 47.2 Å². The van der Waals surface area contributed by atoms with Crippen LogP contribution in [0.25, 0.3) is 10.9 Å². The number of aromatic nitrogens is 1. The highest BCUT2D eigenvalue weighted by Gasteiger charge is 2.30. The lowest BCUT2D eigenvalue weighted by Crippen LogP contribution is -2.45. The molecule has 1 saturated carbocycles. The van der Waals surface area contributed by atoms with Gasteiger partial charge < -0.3 is 20.3 Å². The lowest BCUT2D eigenvalue weighted by atomic mass is 10.0. The minimum Gasteiger partial charge on any atom is -0.493 e. The highest BCUT2D eigenvalue weighted by atomic mass is 35.5. The number of aromatic hydroxyl groups is 1. The number of azo groups is 1. The number of nitrogens with zero attached hydrogens (tertiary/aromatic N) is 3. The van der Waals surface area contributed by atoms with Crippen LogP contribution < -0.4 is 5.32 Å². The molecule has 1 aromatic heterocycles. The van der Waals surface area contributed by atoms with Gasteiger partial charge in [0.1, 0.15) is 5.82 Å². The predicted octanol–water partition coefficient (Wildman–Crippen LogP) is 4.88. The molecule has 0 unspecified atom stereocenters. The summed E-state index contributed by atoms with van der Waals surface area (Å²) in [5.41, 5.74) is 1.34. The van der Waals surface area contributed by atoms with Crippen LogP contribution in [-0.2, 0) is 11.2 Å². The molecule has 2 fully saturated rings.